The van der Waals surface area contributed by atoms with Crippen LogP contribution in [0.25, 0.3) is 11.1 Å². The molecule has 0 N–H and O–H groups in total. The quantitative estimate of drug-likeness (QED) is 0.847. The second-order valence-corrected chi connectivity index (χ2v) is 5.59. The first kappa shape index (κ1) is 14.8. The number of benzene rings is 2. The van der Waals surface area contributed by atoms with Crippen LogP contribution in [0.3, 0.4) is 0 Å². The van der Waals surface area contributed by atoms with Crippen molar-refractivity contribution in [1.82, 2.24) is 0 Å². The van der Waals surface area contributed by atoms with Gasteiger partial charge in [0.2, 0.25) is 0 Å². The van der Waals surface area contributed by atoms with Gasteiger partial charge in [0.1, 0.15) is 5.75 Å². The van der Waals surface area contributed by atoms with E-state index in [9.17, 15) is 0 Å². The molecule has 0 bridgehead atoms. The Morgan fingerprint density at radius 1 is 0.682 bits per heavy atom. The van der Waals surface area contributed by atoms with E-state index in [1.165, 1.54) is 35.1 Å². The second-order valence-electron chi connectivity index (χ2n) is 5.59. The molecule has 0 spiro atoms. The Morgan fingerprint density at radius 2 is 1.32 bits per heavy atom. The monoisotopic (exact) mass is 298 g/mol. The number of fused-ring (bicyclic) bond motifs is 3. The molecule has 0 atom stereocenters. The van der Waals surface area contributed by atoms with Gasteiger partial charge in [0.05, 0.1) is 21.3 Å². The number of rotatable bonds is 3. The maximum atomic E-state index is 5.48. The predicted octanol–water partition coefficient (Wildman–Crippen LogP) is 4.26. The van der Waals surface area contributed by atoms with Crippen LogP contribution in [0.2, 0.25) is 0 Å². The van der Waals surface area contributed by atoms with Crippen molar-refractivity contribution in [2.45, 2.75) is 25.7 Å². The Morgan fingerprint density at radius 3 is 1.95 bits per heavy atom. The summed E-state index contributed by atoms with van der Waals surface area (Å²) >= 11 is 0. The van der Waals surface area contributed by atoms with Crippen LogP contribution in [0.5, 0.6) is 17.2 Å². The Hall–Kier alpha value is -2.16. The van der Waals surface area contributed by atoms with E-state index in [2.05, 4.69) is 24.3 Å². The molecule has 0 amide bonds. The Labute approximate surface area is 131 Å². The standard InChI is InChI=1S/C19H22O3/c1-20-15-8-9-16-13(10-15)6-4-5-7-14-11-18(21-2)19(22-3)12-17(14)16/h8-12H,4-7H2,1-3H3. The Balaban J connectivity index is 2.19. The highest BCUT2D eigenvalue weighted by molar-refractivity contribution is 5.75. The van der Waals surface area contributed by atoms with E-state index in [-0.39, 0.29) is 0 Å². The van der Waals surface area contributed by atoms with Gasteiger partial charge < -0.3 is 14.2 Å². The lowest BCUT2D eigenvalue weighted by Gasteiger charge is -2.20. The van der Waals surface area contributed by atoms with Gasteiger partial charge in [-0.05, 0) is 72.2 Å². The fourth-order valence-electron chi connectivity index (χ4n) is 3.18. The van der Waals surface area contributed by atoms with Gasteiger partial charge in [0, 0.05) is 0 Å². The third-order valence-corrected chi connectivity index (χ3v) is 4.35. The van der Waals surface area contributed by atoms with Gasteiger partial charge in [0.15, 0.2) is 11.5 Å². The second kappa shape index (κ2) is 6.30. The van der Waals surface area contributed by atoms with Crippen molar-refractivity contribution in [3.63, 3.8) is 0 Å². The van der Waals surface area contributed by atoms with Crippen molar-refractivity contribution < 1.29 is 14.2 Å². The van der Waals surface area contributed by atoms with Crippen molar-refractivity contribution in [1.29, 1.82) is 0 Å². The number of methoxy groups -OCH3 is 3. The van der Waals surface area contributed by atoms with E-state index in [1.54, 1.807) is 21.3 Å². The van der Waals surface area contributed by atoms with Gasteiger partial charge in [-0.25, -0.2) is 0 Å². The third-order valence-electron chi connectivity index (χ3n) is 4.35. The molecule has 2 aromatic carbocycles. The van der Waals surface area contributed by atoms with Crippen molar-refractivity contribution in [2.75, 3.05) is 21.3 Å². The van der Waals surface area contributed by atoms with Crippen molar-refractivity contribution in [2.24, 2.45) is 0 Å². The highest BCUT2D eigenvalue weighted by Crippen LogP contribution is 2.40. The molecule has 0 aromatic heterocycles. The van der Waals surface area contributed by atoms with Crippen LogP contribution in [0.15, 0.2) is 30.3 Å². The normalized spacial score (nSPS) is 13.4. The minimum atomic E-state index is 0.781. The summed E-state index contributed by atoms with van der Waals surface area (Å²) in [6.07, 6.45) is 4.52. The van der Waals surface area contributed by atoms with Gasteiger partial charge in [-0.1, -0.05) is 6.07 Å². The van der Waals surface area contributed by atoms with Crippen molar-refractivity contribution >= 4 is 0 Å². The number of hydrogen-bond donors (Lipinski definition) is 0. The molecule has 22 heavy (non-hydrogen) atoms. The van der Waals surface area contributed by atoms with Gasteiger partial charge in [-0.2, -0.15) is 0 Å². The largest absolute Gasteiger partial charge is 0.497 e. The summed E-state index contributed by atoms with van der Waals surface area (Å²) in [5.74, 6) is 2.50. The van der Waals surface area contributed by atoms with Gasteiger partial charge in [-0.3, -0.25) is 0 Å². The van der Waals surface area contributed by atoms with Gasteiger partial charge in [-0.15, -0.1) is 0 Å². The van der Waals surface area contributed by atoms with Crippen LogP contribution in [0.1, 0.15) is 24.0 Å². The lowest BCUT2D eigenvalue weighted by molar-refractivity contribution is 0.354. The molecule has 0 fully saturated rings. The summed E-state index contributed by atoms with van der Waals surface area (Å²) in [6, 6.07) is 10.6. The maximum Gasteiger partial charge on any atom is 0.161 e. The molecule has 2 aromatic rings. The molecule has 0 saturated carbocycles. The lowest BCUT2D eigenvalue weighted by Crippen LogP contribution is -2.02. The molecular weight excluding hydrogens is 276 g/mol. The molecular formula is C19H22O3. The molecule has 3 rings (SSSR count). The molecule has 0 heterocycles. The van der Waals surface area contributed by atoms with E-state index in [4.69, 9.17) is 14.2 Å². The van der Waals surface area contributed by atoms with E-state index in [1.807, 2.05) is 6.07 Å². The molecule has 1 aliphatic carbocycles. The van der Waals surface area contributed by atoms with Crippen LogP contribution in [0, 0.1) is 0 Å². The van der Waals surface area contributed by atoms with Crippen LogP contribution in [-0.2, 0) is 12.8 Å². The molecule has 0 aliphatic heterocycles. The first-order chi connectivity index (χ1) is 10.8. The average Bonchev–Trinajstić information content (AvgIpc) is 2.56. The summed E-state index contributed by atoms with van der Waals surface area (Å²) in [6.45, 7) is 0. The first-order valence-corrected chi connectivity index (χ1v) is 7.69. The summed E-state index contributed by atoms with van der Waals surface area (Å²) in [5.41, 5.74) is 5.18. The minimum absolute atomic E-state index is 0.781. The first-order valence-electron chi connectivity index (χ1n) is 7.69. The highest BCUT2D eigenvalue weighted by atomic mass is 16.5. The van der Waals surface area contributed by atoms with E-state index in [0.717, 1.165) is 30.1 Å². The molecule has 0 radical (unpaired) electrons. The maximum absolute atomic E-state index is 5.48. The van der Waals surface area contributed by atoms with E-state index in [0.29, 0.717) is 0 Å². The average molecular weight is 298 g/mol. The summed E-state index contributed by atoms with van der Waals surface area (Å²) in [5, 5.41) is 0. The van der Waals surface area contributed by atoms with Crippen molar-refractivity contribution in [3.05, 3.63) is 41.5 Å². The molecule has 3 heteroatoms. The Kier molecular flexibility index (Phi) is 4.23. The van der Waals surface area contributed by atoms with Crippen LogP contribution >= 0.6 is 0 Å². The molecule has 1 aliphatic rings. The molecule has 0 saturated heterocycles. The van der Waals surface area contributed by atoms with Crippen molar-refractivity contribution in [3.8, 4) is 28.4 Å². The van der Waals surface area contributed by atoms with E-state index >= 15 is 0 Å². The highest BCUT2D eigenvalue weighted by Gasteiger charge is 2.17. The minimum Gasteiger partial charge on any atom is -0.497 e. The fraction of sp³-hybridized carbons (Fsp3) is 0.368. The number of ether oxygens (including phenoxy) is 3. The summed E-state index contributed by atoms with van der Waals surface area (Å²) in [7, 11) is 5.08. The smallest absolute Gasteiger partial charge is 0.161 e. The zero-order valence-corrected chi connectivity index (χ0v) is 13.4. The lowest BCUT2D eigenvalue weighted by atomic mass is 9.87. The zero-order valence-electron chi connectivity index (χ0n) is 13.4. The number of hydrogen-bond acceptors (Lipinski definition) is 3. The number of aryl methyl sites for hydroxylation is 2. The molecule has 3 nitrogen and oxygen atoms in total. The van der Waals surface area contributed by atoms with Gasteiger partial charge in [0.25, 0.3) is 0 Å². The summed E-state index contributed by atoms with van der Waals surface area (Å²) < 4.78 is 16.3. The van der Waals surface area contributed by atoms with E-state index < -0.39 is 0 Å². The zero-order chi connectivity index (χ0) is 15.5. The van der Waals surface area contributed by atoms with Crippen LogP contribution in [-0.4, -0.2) is 21.3 Å². The molecule has 116 valence electrons. The molecule has 0 unspecified atom stereocenters. The predicted molar refractivity (Wildman–Crippen MR) is 88.2 cm³/mol. The third kappa shape index (κ3) is 2.63. The SMILES string of the molecule is COc1ccc2c(c1)CCCCc1cc(OC)c(OC)cc1-2. The summed E-state index contributed by atoms with van der Waals surface area (Å²) in [4.78, 5) is 0. The van der Waals surface area contributed by atoms with Crippen LogP contribution < -0.4 is 14.2 Å². The topological polar surface area (TPSA) is 27.7 Å². The van der Waals surface area contributed by atoms with Crippen LogP contribution in [0.4, 0.5) is 0 Å². The van der Waals surface area contributed by atoms with Gasteiger partial charge >= 0.3 is 0 Å². The Bertz CT molecular complexity index is 677. The fourth-order valence-corrected chi connectivity index (χ4v) is 3.18.